The fourth-order valence-corrected chi connectivity index (χ4v) is 1.58. The van der Waals surface area contributed by atoms with Crippen LogP contribution in [0.3, 0.4) is 0 Å². The van der Waals surface area contributed by atoms with Crippen molar-refractivity contribution in [2.24, 2.45) is 11.7 Å². The molecule has 8 heteroatoms. The smallest absolute Gasteiger partial charge is 0.231 e. The van der Waals surface area contributed by atoms with Gasteiger partial charge in [-0.2, -0.15) is 9.97 Å². The molecule has 1 aromatic heterocycles. The molecule has 2 aromatic rings. The van der Waals surface area contributed by atoms with Crippen LogP contribution >= 0.6 is 0 Å². The number of hydrogen-bond acceptors (Lipinski definition) is 8. The minimum Gasteiger partial charge on any atom is -0.494 e. The summed E-state index contributed by atoms with van der Waals surface area (Å²) in [6, 6.07) is 9.04. The van der Waals surface area contributed by atoms with Gasteiger partial charge in [0.25, 0.3) is 0 Å². The number of nitrogens with one attached hydrogen (secondary N) is 3. The van der Waals surface area contributed by atoms with Crippen LogP contribution in [0.2, 0.25) is 0 Å². The van der Waals surface area contributed by atoms with Gasteiger partial charge in [-0.3, -0.25) is 0 Å². The Labute approximate surface area is 116 Å². The Bertz CT molecular complexity index is 536. The number of hydrogen-bond donors (Lipinski definition) is 5. The molecular formula is C12H17N7O. The van der Waals surface area contributed by atoms with Crippen LogP contribution in [0.25, 0.3) is 0 Å². The van der Waals surface area contributed by atoms with Crippen molar-refractivity contribution >= 4 is 23.3 Å². The van der Waals surface area contributed by atoms with E-state index in [0.29, 0.717) is 24.2 Å². The maximum absolute atomic E-state index is 5.37. The van der Waals surface area contributed by atoms with E-state index in [0.717, 1.165) is 11.4 Å². The summed E-state index contributed by atoms with van der Waals surface area (Å²) in [6.07, 6.45) is 0. The van der Waals surface area contributed by atoms with E-state index in [2.05, 4.69) is 26.1 Å². The normalized spacial score (nSPS) is 9.95. The lowest BCUT2D eigenvalue weighted by molar-refractivity contribution is 0.340. The zero-order valence-electron chi connectivity index (χ0n) is 11.1. The molecule has 106 valence electrons. The van der Waals surface area contributed by atoms with Crippen LogP contribution in [0.4, 0.5) is 23.3 Å². The molecule has 1 heterocycles. The van der Waals surface area contributed by atoms with Crippen LogP contribution in [-0.4, -0.2) is 16.6 Å². The van der Waals surface area contributed by atoms with Crippen molar-refractivity contribution in [3.63, 3.8) is 0 Å². The van der Waals surface area contributed by atoms with Crippen molar-refractivity contribution in [2.75, 3.05) is 22.8 Å². The van der Waals surface area contributed by atoms with Gasteiger partial charge in [0, 0.05) is 11.8 Å². The van der Waals surface area contributed by atoms with Gasteiger partial charge in [-0.15, -0.1) is 0 Å². The first kappa shape index (κ1) is 13.8. The first-order valence-electron chi connectivity index (χ1n) is 6.07. The molecule has 0 aliphatic carbocycles. The van der Waals surface area contributed by atoms with Gasteiger partial charge in [-0.1, -0.05) is 0 Å². The molecule has 1 aromatic carbocycles. The average molecular weight is 275 g/mol. The molecule has 0 aliphatic heterocycles. The van der Waals surface area contributed by atoms with Gasteiger partial charge in [-0.05, 0) is 31.2 Å². The lowest BCUT2D eigenvalue weighted by Gasteiger charge is -2.09. The fraction of sp³-hybridized carbons (Fsp3) is 0.167. The predicted octanol–water partition coefficient (Wildman–Crippen LogP) is 1.19. The number of hydrazine groups is 2. The summed E-state index contributed by atoms with van der Waals surface area (Å²) in [7, 11) is 0. The molecule has 0 saturated heterocycles. The summed E-state index contributed by atoms with van der Waals surface area (Å²) in [5.41, 5.74) is 5.72. The van der Waals surface area contributed by atoms with Crippen LogP contribution in [0.5, 0.6) is 5.75 Å². The molecular weight excluding hydrogens is 258 g/mol. The topological polar surface area (TPSA) is 123 Å². The monoisotopic (exact) mass is 275 g/mol. The minimum absolute atomic E-state index is 0.373. The molecule has 7 N–H and O–H groups in total. The highest BCUT2D eigenvalue weighted by molar-refractivity contribution is 5.59. The van der Waals surface area contributed by atoms with E-state index < -0.39 is 0 Å². The van der Waals surface area contributed by atoms with E-state index in [1.807, 2.05) is 31.2 Å². The van der Waals surface area contributed by atoms with E-state index in [9.17, 15) is 0 Å². The Morgan fingerprint density at radius 2 is 1.65 bits per heavy atom. The zero-order chi connectivity index (χ0) is 14.4. The Kier molecular flexibility index (Phi) is 4.53. The fourth-order valence-electron chi connectivity index (χ4n) is 1.58. The molecule has 0 radical (unpaired) electrons. The molecule has 0 unspecified atom stereocenters. The predicted molar refractivity (Wildman–Crippen MR) is 78.5 cm³/mol. The van der Waals surface area contributed by atoms with Crippen LogP contribution in [0.1, 0.15) is 6.92 Å². The third kappa shape index (κ3) is 3.46. The summed E-state index contributed by atoms with van der Waals surface area (Å²) in [6.45, 7) is 2.57. The van der Waals surface area contributed by atoms with Crippen LogP contribution in [-0.2, 0) is 0 Å². The van der Waals surface area contributed by atoms with Crippen LogP contribution in [0, 0.1) is 0 Å². The maximum atomic E-state index is 5.37. The molecule has 0 amide bonds. The van der Waals surface area contributed by atoms with E-state index in [4.69, 9.17) is 16.4 Å². The van der Waals surface area contributed by atoms with E-state index in [-0.39, 0.29) is 0 Å². The quantitative estimate of drug-likeness (QED) is 0.393. The second-order valence-electron chi connectivity index (χ2n) is 3.83. The van der Waals surface area contributed by atoms with Crippen molar-refractivity contribution < 1.29 is 4.74 Å². The standard InChI is InChI=1S/C12H17N7O/c1-2-20-9-5-3-8(4-6-9)15-12-16-10(18-13)7-11(17-12)19-14/h3-7H,2,13-14H2,1H3,(H3,15,16,17,18,19). The molecule has 0 spiro atoms. The molecule has 0 fully saturated rings. The van der Waals surface area contributed by atoms with E-state index in [1.165, 1.54) is 0 Å². The Hall–Kier alpha value is -2.58. The number of nitrogens with zero attached hydrogens (tertiary/aromatic N) is 2. The molecule has 0 bridgehead atoms. The maximum Gasteiger partial charge on any atom is 0.231 e. The SMILES string of the molecule is CCOc1ccc(Nc2nc(NN)cc(NN)n2)cc1. The van der Waals surface area contributed by atoms with Gasteiger partial charge in [0.2, 0.25) is 5.95 Å². The highest BCUT2D eigenvalue weighted by atomic mass is 16.5. The Balaban J connectivity index is 2.16. The van der Waals surface area contributed by atoms with Crippen LogP contribution < -0.4 is 32.6 Å². The third-order valence-electron chi connectivity index (χ3n) is 2.44. The largest absolute Gasteiger partial charge is 0.494 e. The number of rotatable bonds is 6. The van der Waals surface area contributed by atoms with Crippen molar-refractivity contribution in [3.05, 3.63) is 30.3 Å². The number of nitrogen functional groups attached to an aromatic ring is 2. The molecule has 0 saturated carbocycles. The summed E-state index contributed by atoms with van der Waals surface area (Å²) in [4.78, 5) is 8.34. The first-order valence-corrected chi connectivity index (χ1v) is 6.07. The van der Waals surface area contributed by atoms with Gasteiger partial charge in [0.1, 0.15) is 17.4 Å². The van der Waals surface area contributed by atoms with Crippen molar-refractivity contribution in [3.8, 4) is 5.75 Å². The van der Waals surface area contributed by atoms with Gasteiger partial charge >= 0.3 is 0 Å². The Morgan fingerprint density at radius 1 is 1.05 bits per heavy atom. The number of nitrogens with two attached hydrogens (primary N) is 2. The van der Waals surface area contributed by atoms with E-state index >= 15 is 0 Å². The molecule has 0 aliphatic rings. The molecule has 2 rings (SSSR count). The van der Waals surface area contributed by atoms with Gasteiger partial charge < -0.3 is 20.9 Å². The summed E-state index contributed by atoms with van der Waals surface area (Å²) >= 11 is 0. The van der Waals surface area contributed by atoms with Crippen molar-refractivity contribution in [2.45, 2.75) is 6.92 Å². The number of anilines is 4. The van der Waals surface area contributed by atoms with Crippen LogP contribution in [0.15, 0.2) is 30.3 Å². The van der Waals surface area contributed by atoms with Gasteiger partial charge in [0.15, 0.2) is 0 Å². The second kappa shape index (κ2) is 6.55. The van der Waals surface area contributed by atoms with Crippen molar-refractivity contribution in [1.82, 2.24) is 9.97 Å². The molecule has 20 heavy (non-hydrogen) atoms. The summed E-state index contributed by atoms with van der Waals surface area (Å²) in [5.74, 6) is 12.7. The zero-order valence-corrected chi connectivity index (χ0v) is 11.1. The highest BCUT2D eigenvalue weighted by Gasteiger charge is 2.04. The molecule has 0 atom stereocenters. The third-order valence-corrected chi connectivity index (χ3v) is 2.44. The lowest BCUT2D eigenvalue weighted by Crippen LogP contribution is -2.14. The average Bonchev–Trinajstić information content (AvgIpc) is 2.49. The van der Waals surface area contributed by atoms with Gasteiger partial charge in [-0.25, -0.2) is 11.7 Å². The van der Waals surface area contributed by atoms with Crippen molar-refractivity contribution in [1.29, 1.82) is 0 Å². The van der Waals surface area contributed by atoms with E-state index in [1.54, 1.807) is 6.07 Å². The number of aromatic nitrogens is 2. The first-order chi connectivity index (χ1) is 9.75. The number of ether oxygens (including phenoxy) is 1. The minimum atomic E-state index is 0.373. The van der Waals surface area contributed by atoms with Gasteiger partial charge in [0.05, 0.1) is 6.61 Å². The Morgan fingerprint density at radius 3 is 2.15 bits per heavy atom. The second-order valence-corrected chi connectivity index (χ2v) is 3.83. The summed E-state index contributed by atoms with van der Waals surface area (Å²) in [5, 5.41) is 3.05. The molecule has 8 nitrogen and oxygen atoms in total. The summed E-state index contributed by atoms with van der Waals surface area (Å²) < 4.78 is 5.37. The number of benzene rings is 1. The lowest BCUT2D eigenvalue weighted by atomic mass is 10.3. The highest BCUT2D eigenvalue weighted by Crippen LogP contribution is 2.20.